The van der Waals surface area contributed by atoms with Crippen molar-refractivity contribution in [1.29, 1.82) is 0 Å². The SMILES string of the molecule is O=C(NCc1ccc(C2CC2)cc1)Nc1ccc(OS(=O)(=O)F)cc1. The van der Waals surface area contributed by atoms with Gasteiger partial charge in [-0.1, -0.05) is 28.2 Å². The molecule has 8 heteroatoms. The summed E-state index contributed by atoms with van der Waals surface area (Å²) in [5.74, 6) is 0.522. The fraction of sp³-hybridized carbons (Fsp3) is 0.235. The average molecular weight is 364 g/mol. The molecule has 1 aliphatic carbocycles. The van der Waals surface area contributed by atoms with Crippen LogP contribution < -0.4 is 14.8 Å². The molecule has 0 radical (unpaired) electrons. The average Bonchev–Trinajstić information content (AvgIpc) is 3.39. The van der Waals surface area contributed by atoms with Crippen molar-refractivity contribution in [2.45, 2.75) is 25.3 Å². The van der Waals surface area contributed by atoms with Crippen LogP contribution in [0.1, 0.15) is 29.9 Å². The summed E-state index contributed by atoms with van der Waals surface area (Å²) in [5, 5.41) is 5.32. The highest BCUT2D eigenvalue weighted by molar-refractivity contribution is 7.81. The molecule has 2 amide bonds. The topological polar surface area (TPSA) is 84.5 Å². The molecular formula is C17H17FN2O4S. The fourth-order valence-electron chi connectivity index (χ4n) is 2.39. The van der Waals surface area contributed by atoms with E-state index in [9.17, 15) is 17.1 Å². The molecule has 1 saturated carbocycles. The van der Waals surface area contributed by atoms with Crippen LogP contribution in [-0.2, 0) is 17.0 Å². The van der Waals surface area contributed by atoms with Crippen molar-refractivity contribution in [2.24, 2.45) is 0 Å². The highest BCUT2D eigenvalue weighted by Crippen LogP contribution is 2.39. The Morgan fingerprint density at radius 1 is 1.08 bits per heavy atom. The minimum absolute atomic E-state index is 0.177. The second-order valence-electron chi connectivity index (χ2n) is 5.82. The Hall–Kier alpha value is -2.61. The molecule has 1 fully saturated rings. The first-order chi connectivity index (χ1) is 11.9. The van der Waals surface area contributed by atoms with Crippen molar-refractivity contribution in [1.82, 2.24) is 5.32 Å². The quantitative estimate of drug-likeness (QED) is 0.769. The number of carbonyl (C=O) groups is 1. The number of urea groups is 1. The lowest BCUT2D eigenvalue weighted by Gasteiger charge is -2.09. The van der Waals surface area contributed by atoms with Gasteiger partial charge in [0.2, 0.25) is 0 Å². The van der Waals surface area contributed by atoms with Gasteiger partial charge in [0, 0.05) is 12.2 Å². The summed E-state index contributed by atoms with van der Waals surface area (Å²) in [6.45, 7) is 0.387. The monoisotopic (exact) mass is 364 g/mol. The molecule has 2 aromatic rings. The molecule has 2 N–H and O–H groups in total. The third kappa shape index (κ3) is 5.46. The van der Waals surface area contributed by atoms with Gasteiger partial charge in [-0.25, -0.2) is 4.79 Å². The first-order valence-corrected chi connectivity index (χ1v) is 9.08. The van der Waals surface area contributed by atoms with Crippen molar-refractivity contribution < 1.29 is 21.3 Å². The molecule has 0 heterocycles. The van der Waals surface area contributed by atoms with E-state index in [1.54, 1.807) is 0 Å². The first-order valence-electron chi connectivity index (χ1n) is 7.77. The number of anilines is 1. The molecule has 0 aromatic heterocycles. The van der Waals surface area contributed by atoms with Crippen LogP contribution in [0.2, 0.25) is 0 Å². The molecule has 0 spiro atoms. The lowest BCUT2D eigenvalue weighted by atomic mass is 10.1. The van der Waals surface area contributed by atoms with E-state index >= 15 is 0 Å². The molecule has 132 valence electrons. The van der Waals surface area contributed by atoms with E-state index in [1.165, 1.54) is 42.7 Å². The first kappa shape index (κ1) is 17.2. The fourth-order valence-corrected chi connectivity index (χ4v) is 2.73. The summed E-state index contributed by atoms with van der Waals surface area (Å²) in [6, 6.07) is 13.1. The van der Waals surface area contributed by atoms with Crippen LogP contribution in [0.15, 0.2) is 48.5 Å². The maximum absolute atomic E-state index is 12.4. The number of rotatable bonds is 6. The number of hydrogen-bond acceptors (Lipinski definition) is 4. The van der Waals surface area contributed by atoms with E-state index in [1.807, 2.05) is 12.1 Å². The molecule has 1 aliphatic rings. The Morgan fingerprint density at radius 3 is 2.28 bits per heavy atom. The van der Waals surface area contributed by atoms with Crippen molar-refractivity contribution >= 4 is 22.2 Å². The maximum atomic E-state index is 12.4. The number of benzene rings is 2. The number of carbonyl (C=O) groups excluding carboxylic acids is 1. The van der Waals surface area contributed by atoms with Gasteiger partial charge < -0.3 is 14.8 Å². The lowest BCUT2D eigenvalue weighted by molar-refractivity contribution is 0.251. The molecule has 0 atom stereocenters. The second-order valence-corrected chi connectivity index (χ2v) is 6.78. The van der Waals surface area contributed by atoms with E-state index < -0.39 is 16.5 Å². The van der Waals surface area contributed by atoms with Gasteiger partial charge in [-0.15, -0.1) is 0 Å². The predicted octanol–water partition coefficient (Wildman–Crippen LogP) is 3.48. The number of halogens is 1. The largest absolute Gasteiger partial charge is 0.488 e. The van der Waals surface area contributed by atoms with Gasteiger partial charge in [-0.05, 0) is 54.2 Å². The summed E-state index contributed by atoms with van der Waals surface area (Å²) in [4.78, 5) is 11.9. The minimum Gasteiger partial charge on any atom is -0.358 e. The minimum atomic E-state index is -5.06. The van der Waals surface area contributed by atoms with Gasteiger partial charge in [-0.3, -0.25) is 0 Å². The zero-order chi connectivity index (χ0) is 17.9. The van der Waals surface area contributed by atoms with Gasteiger partial charge >= 0.3 is 16.5 Å². The van der Waals surface area contributed by atoms with E-state index in [-0.39, 0.29) is 5.75 Å². The van der Waals surface area contributed by atoms with E-state index in [4.69, 9.17) is 0 Å². The van der Waals surface area contributed by atoms with E-state index in [2.05, 4.69) is 26.9 Å². The Labute approximate surface area is 145 Å². The van der Waals surface area contributed by atoms with Crippen LogP contribution in [0.4, 0.5) is 14.4 Å². The molecule has 25 heavy (non-hydrogen) atoms. The number of nitrogens with one attached hydrogen (secondary N) is 2. The van der Waals surface area contributed by atoms with Crippen LogP contribution in [0.3, 0.4) is 0 Å². The summed E-state index contributed by atoms with van der Waals surface area (Å²) in [6.07, 6.45) is 2.50. The summed E-state index contributed by atoms with van der Waals surface area (Å²) in [5.41, 5.74) is 2.76. The predicted molar refractivity (Wildman–Crippen MR) is 91.4 cm³/mol. The maximum Gasteiger partial charge on any atom is 0.488 e. The molecule has 3 rings (SSSR count). The smallest absolute Gasteiger partial charge is 0.358 e. The van der Waals surface area contributed by atoms with Crippen LogP contribution in [0.5, 0.6) is 5.75 Å². The molecular weight excluding hydrogens is 347 g/mol. The zero-order valence-electron chi connectivity index (χ0n) is 13.2. The van der Waals surface area contributed by atoms with Crippen molar-refractivity contribution in [3.63, 3.8) is 0 Å². The molecule has 2 aromatic carbocycles. The highest BCUT2D eigenvalue weighted by atomic mass is 32.3. The molecule has 0 bridgehead atoms. The normalized spacial score (nSPS) is 14.0. The highest BCUT2D eigenvalue weighted by Gasteiger charge is 2.22. The van der Waals surface area contributed by atoms with Gasteiger partial charge in [-0.2, -0.15) is 8.42 Å². The third-order valence-corrected chi connectivity index (χ3v) is 4.18. The van der Waals surface area contributed by atoms with Crippen molar-refractivity contribution in [3.8, 4) is 5.75 Å². The standard InChI is InChI=1S/C17H17FN2O4S/c18-25(22,23)24-16-9-7-15(8-10-16)20-17(21)19-11-12-1-3-13(4-2-12)14-5-6-14/h1-4,7-10,14H,5-6,11H2,(H2,19,20,21). The molecule has 0 unspecified atom stereocenters. The van der Waals surface area contributed by atoms with Crippen molar-refractivity contribution in [3.05, 3.63) is 59.7 Å². The van der Waals surface area contributed by atoms with E-state index in [0.717, 1.165) is 5.56 Å². The van der Waals surface area contributed by atoms with Gasteiger partial charge in [0.05, 0.1) is 0 Å². The third-order valence-electron chi connectivity index (χ3n) is 3.79. The Morgan fingerprint density at radius 2 is 1.72 bits per heavy atom. The Kier molecular flexibility index (Phi) is 4.89. The van der Waals surface area contributed by atoms with Gasteiger partial charge in [0.15, 0.2) is 0 Å². The van der Waals surface area contributed by atoms with Crippen LogP contribution in [-0.4, -0.2) is 14.4 Å². The second kappa shape index (κ2) is 7.10. The van der Waals surface area contributed by atoms with Gasteiger partial charge in [0.25, 0.3) is 0 Å². The number of hydrogen-bond donors (Lipinski definition) is 2. The zero-order valence-corrected chi connectivity index (χ0v) is 14.1. The van der Waals surface area contributed by atoms with Crippen LogP contribution in [0.25, 0.3) is 0 Å². The van der Waals surface area contributed by atoms with E-state index in [0.29, 0.717) is 18.2 Å². The molecule has 0 saturated heterocycles. The number of amides is 2. The van der Waals surface area contributed by atoms with Crippen LogP contribution in [0, 0.1) is 0 Å². The van der Waals surface area contributed by atoms with Gasteiger partial charge in [0.1, 0.15) is 5.75 Å². The van der Waals surface area contributed by atoms with Crippen LogP contribution >= 0.6 is 0 Å². The summed E-state index contributed by atoms with van der Waals surface area (Å²) in [7, 11) is -5.06. The molecule has 6 nitrogen and oxygen atoms in total. The Bertz CT molecular complexity index is 847. The molecule has 0 aliphatic heterocycles. The summed E-state index contributed by atoms with van der Waals surface area (Å²) < 4.78 is 37.2. The summed E-state index contributed by atoms with van der Waals surface area (Å²) >= 11 is 0. The Balaban J connectivity index is 1.48. The van der Waals surface area contributed by atoms with Crippen molar-refractivity contribution in [2.75, 3.05) is 5.32 Å². The lowest BCUT2D eigenvalue weighted by Crippen LogP contribution is -2.28.